The molecule has 0 amide bonds. The first-order chi connectivity index (χ1) is 14.5. The molecule has 1 aromatic heterocycles. The lowest BCUT2D eigenvalue weighted by molar-refractivity contribution is 0.0921. The molecule has 0 aliphatic heterocycles. The highest BCUT2D eigenvalue weighted by Crippen LogP contribution is 2.18. The molecule has 5 nitrogen and oxygen atoms in total. The number of nitrogens with one attached hydrogen (secondary N) is 1. The van der Waals surface area contributed by atoms with Gasteiger partial charge in [-0.3, -0.25) is 5.41 Å². The summed E-state index contributed by atoms with van der Waals surface area (Å²) in [6.07, 6.45) is -0.774. The number of benzene rings is 3. The van der Waals surface area contributed by atoms with Gasteiger partial charge in [0.1, 0.15) is 18.5 Å². The molecule has 7 heteroatoms. The van der Waals surface area contributed by atoms with Crippen molar-refractivity contribution in [3.8, 4) is 5.75 Å². The van der Waals surface area contributed by atoms with Crippen molar-refractivity contribution in [3.05, 3.63) is 94.0 Å². The van der Waals surface area contributed by atoms with Gasteiger partial charge in [0.05, 0.1) is 24.1 Å². The average molecular weight is 442 g/mol. The van der Waals surface area contributed by atoms with Crippen molar-refractivity contribution in [2.75, 3.05) is 6.61 Å². The molecule has 0 saturated heterocycles. The molecule has 0 aliphatic rings. The maximum atomic E-state index is 10.6. The van der Waals surface area contributed by atoms with Crippen LogP contribution in [0, 0.1) is 5.41 Å². The van der Waals surface area contributed by atoms with Gasteiger partial charge < -0.3 is 19.0 Å². The van der Waals surface area contributed by atoms with E-state index in [0.717, 1.165) is 16.6 Å². The lowest BCUT2D eigenvalue weighted by Gasteiger charge is -2.14. The number of ether oxygens (including phenoxy) is 1. The second-order valence-corrected chi connectivity index (χ2v) is 7.93. The fourth-order valence-corrected chi connectivity index (χ4v) is 3.65. The van der Waals surface area contributed by atoms with Crippen molar-refractivity contribution in [1.82, 2.24) is 9.13 Å². The van der Waals surface area contributed by atoms with Crippen molar-refractivity contribution >= 4 is 34.2 Å². The second-order valence-electron chi connectivity index (χ2n) is 7.05. The zero-order chi connectivity index (χ0) is 21.1. The standard InChI is InChI=1S/C23H21Cl2N3O2/c24-17-7-5-16(6-8-17)13-27-21-3-1-2-4-22(21)28(23(27)26)14-19(29)15-30-20-11-9-18(25)10-12-20/h1-12,19,26,29H,13-15H2. The molecular weight excluding hydrogens is 421 g/mol. The predicted molar refractivity (Wildman–Crippen MR) is 119 cm³/mol. The van der Waals surface area contributed by atoms with E-state index in [2.05, 4.69) is 0 Å². The molecular formula is C23H21Cl2N3O2. The lowest BCUT2D eigenvalue weighted by Crippen LogP contribution is -2.31. The van der Waals surface area contributed by atoms with Gasteiger partial charge in [-0.15, -0.1) is 0 Å². The van der Waals surface area contributed by atoms with Crippen LogP contribution < -0.4 is 10.4 Å². The Bertz CT molecular complexity index is 1200. The minimum Gasteiger partial charge on any atom is -0.491 e. The predicted octanol–water partition coefficient (Wildman–Crippen LogP) is 4.72. The van der Waals surface area contributed by atoms with Crippen molar-refractivity contribution in [1.29, 1.82) is 5.41 Å². The number of nitrogens with zero attached hydrogens (tertiary/aromatic N) is 2. The molecule has 0 spiro atoms. The van der Waals surface area contributed by atoms with Gasteiger partial charge in [0.25, 0.3) is 0 Å². The van der Waals surface area contributed by atoms with Crippen molar-refractivity contribution in [2.45, 2.75) is 19.2 Å². The summed E-state index contributed by atoms with van der Waals surface area (Å²) in [4.78, 5) is 0. The van der Waals surface area contributed by atoms with Crippen molar-refractivity contribution < 1.29 is 9.84 Å². The smallest absolute Gasteiger partial charge is 0.203 e. The molecule has 0 aliphatic carbocycles. The third-order valence-electron chi connectivity index (χ3n) is 4.88. The Hall–Kier alpha value is -2.73. The lowest BCUT2D eigenvalue weighted by atomic mass is 10.2. The van der Waals surface area contributed by atoms with E-state index in [-0.39, 0.29) is 13.2 Å². The zero-order valence-corrected chi connectivity index (χ0v) is 17.6. The topological polar surface area (TPSA) is 63.2 Å². The summed E-state index contributed by atoms with van der Waals surface area (Å²) in [6, 6.07) is 22.4. The van der Waals surface area contributed by atoms with Crippen LogP contribution in [0.15, 0.2) is 72.8 Å². The third kappa shape index (κ3) is 4.54. The first-order valence-electron chi connectivity index (χ1n) is 9.55. The molecule has 4 rings (SSSR count). The Labute approximate surface area is 184 Å². The Morgan fingerprint density at radius 2 is 1.40 bits per heavy atom. The zero-order valence-electron chi connectivity index (χ0n) is 16.1. The fraction of sp³-hybridized carbons (Fsp3) is 0.174. The van der Waals surface area contributed by atoms with Crippen LogP contribution in [0.1, 0.15) is 5.56 Å². The van der Waals surface area contributed by atoms with Gasteiger partial charge in [-0.1, -0.05) is 47.5 Å². The van der Waals surface area contributed by atoms with E-state index in [1.54, 1.807) is 28.8 Å². The van der Waals surface area contributed by atoms with Crippen LogP contribution in [-0.4, -0.2) is 27.0 Å². The van der Waals surface area contributed by atoms with Crippen LogP contribution in [0.2, 0.25) is 10.0 Å². The van der Waals surface area contributed by atoms with E-state index < -0.39 is 6.10 Å². The Morgan fingerprint density at radius 3 is 2.03 bits per heavy atom. The first kappa shape index (κ1) is 20.5. The molecule has 0 saturated carbocycles. The summed E-state index contributed by atoms with van der Waals surface area (Å²) in [6.45, 7) is 0.909. The van der Waals surface area contributed by atoms with Gasteiger partial charge in [0, 0.05) is 10.0 Å². The number of rotatable bonds is 7. The first-order valence-corrected chi connectivity index (χ1v) is 10.3. The van der Waals surface area contributed by atoms with E-state index in [9.17, 15) is 5.11 Å². The van der Waals surface area contributed by atoms with E-state index in [1.165, 1.54) is 0 Å². The van der Waals surface area contributed by atoms with Gasteiger partial charge >= 0.3 is 0 Å². The van der Waals surface area contributed by atoms with Crippen LogP contribution in [0.3, 0.4) is 0 Å². The van der Waals surface area contributed by atoms with Crippen LogP contribution in [0.5, 0.6) is 5.75 Å². The van der Waals surface area contributed by atoms with Gasteiger partial charge in [-0.2, -0.15) is 0 Å². The number of para-hydroxylation sites is 2. The maximum Gasteiger partial charge on any atom is 0.203 e. The number of aliphatic hydroxyl groups is 1. The minimum atomic E-state index is -0.774. The Kier molecular flexibility index (Phi) is 6.13. The van der Waals surface area contributed by atoms with Crippen LogP contribution in [0.4, 0.5) is 0 Å². The van der Waals surface area contributed by atoms with Crippen LogP contribution in [-0.2, 0) is 13.1 Å². The molecule has 154 valence electrons. The number of imidazole rings is 1. The largest absolute Gasteiger partial charge is 0.491 e. The SMILES string of the molecule is N=c1n(Cc2ccc(Cl)cc2)c2ccccc2n1CC(O)COc1ccc(Cl)cc1. The van der Waals surface area contributed by atoms with E-state index >= 15 is 0 Å². The molecule has 2 N–H and O–H groups in total. The highest BCUT2D eigenvalue weighted by atomic mass is 35.5. The highest BCUT2D eigenvalue weighted by molar-refractivity contribution is 6.30. The Balaban J connectivity index is 1.56. The number of aromatic nitrogens is 2. The third-order valence-corrected chi connectivity index (χ3v) is 5.38. The quantitative estimate of drug-likeness (QED) is 0.435. The number of fused-ring (bicyclic) bond motifs is 1. The molecule has 4 aromatic rings. The molecule has 1 unspecified atom stereocenters. The summed E-state index contributed by atoms with van der Waals surface area (Å²) >= 11 is 11.9. The monoisotopic (exact) mass is 441 g/mol. The molecule has 30 heavy (non-hydrogen) atoms. The van der Waals surface area contributed by atoms with Crippen molar-refractivity contribution in [2.24, 2.45) is 0 Å². The van der Waals surface area contributed by atoms with Crippen LogP contribution in [0.25, 0.3) is 11.0 Å². The number of halogens is 2. The average Bonchev–Trinajstić information content (AvgIpc) is 3.01. The van der Waals surface area contributed by atoms with E-state index in [0.29, 0.717) is 28.0 Å². The fourth-order valence-electron chi connectivity index (χ4n) is 3.40. The number of hydrogen-bond donors (Lipinski definition) is 2. The molecule has 0 radical (unpaired) electrons. The molecule has 0 fully saturated rings. The summed E-state index contributed by atoms with van der Waals surface area (Å²) in [7, 11) is 0. The number of hydrogen-bond acceptors (Lipinski definition) is 3. The van der Waals surface area contributed by atoms with E-state index in [1.807, 2.05) is 53.1 Å². The highest BCUT2D eigenvalue weighted by Gasteiger charge is 2.15. The minimum absolute atomic E-state index is 0.116. The second kappa shape index (κ2) is 8.96. The summed E-state index contributed by atoms with van der Waals surface area (Å²) < 4.78 is 9.39. The summed E-state index contributed by atoms with van der Waals surface area (Å²) in [5.41, 5.74) is 3.19. The van der Waals surface area contributed by atoms with Crippen molar-refractivity contribution in [3.63, 3.8) is 0 Å². The van der Waals surface area contributed by atoms with E-state index in [4.69, 9.17) is 33.3 Å². The molecule has 3 aromatic carbocycles. The van der Waals surface area contributed by atoms with Gasteiger partial charge in [0.15, 0.2) is 0 Å². The van der Waals surface area contributed by atoms with Crippen LogP contribution >= 0.6 is 23.2 Å². The molecule has 0 bridgehead atoms. The molecule has 1 atom stereocenters. The number of aliphatic hydroxyl groups excluding tert-OH is 1. The Morgan fingerprint density at radius 1 is 0.833 bits per heavy atom. The summed E-state index contributed by atoms with van der Waals surface area (Å²) in [5, 5.41) is 20.6. The summed E-state index contributed by atoms with van der Waals surface area (Å²) in [5.74, 6) is 0.639. The molecule has 1 heterocycles. The maximum absolute atomic E-state index is 10.6. The van der Waals surface area contributed by atoms with Gasteiger partial charge in [-0.25, -0.2) is 0 Å². The van der Waals surface area contributed by atoms with Gasteiger partial charge in [-0.05, 0) is 54.1 Å². The van der Waals surface area contributed by atoms with Gasteiger partial charge in [0.2, 0.25) is 5.62 Å². The normalized spacial score (nSPS) is 12.2.